The summed E-state index contributed by atoms with van der Waals surface area (Å²) in [7, 11) is 0. The molecule has 0 fully saturated rings. The summed E-state index contributed by atoms with van der Waals surface area (Å²) in [6, 6.07) is 3.75. The average molecular weight is 240 g/mol. The lowest BCUT2D eigenvalue weighted by atomic mass is 10.3. The van der Waals surface area contributed by atoms with E-state index < -0.39 is 0 Å². The highest BCUT2D eigenvalue weighted by Gasteiger charge is 2.08. The normalized spacial score (nSPS) is 10.2. The number of halogens is 1. The van der Waals surface area contributed by atoms with Crippen LogP contribution in [0.1, 0.15) is 19.5 Å². The first-order valence-corrected chi connectivity index (χ1v) is 5.71. The van der Waals surface area contributed by atoms with Crippen molar-refractivity contribution in [2.75, 3.05) is 18.0 Å². The van der Waals surface area contributed by atoms with E-state index in [9.17, 15) is 0 Å². The van der Waals surface area contributed by atoms with Crippen LogP contribution < -0.4 is 10.6 Å². The van der Waals surface area contributed by atoms with Gasteiger partial charge in [0.05, 0.1) is 10.7 Å². The van der Waals surface area contributed by atoms with E-state index in [1.165, 1.54) is 0 Å². The first-order valence-electron chi connectivity index (χ1n) is 5.33. The molecule has 0 spiro atoms. The minimum atomic E-state index is 0.358. The van der Waals surface area contributed by atoms with Gasteiger partial charge in [-0.3, -0.25) is 0 Å². The number of rotatable bonds is 5. The SMILES string of the molecule is C=C(C)CN(CC)c1ccc(Cl)c(CN)n1. The van der Waals surface area contributed by atoms with Crippen LogP contribution in [0, 0.1) is 0 Å². The topological polar surface area (TPSA) is 42.1 Å². The predicted octanol–water partition coefficient (Wildman–Crippen LogP) is 2.60. The fraction of sp³-hybridized carbons (Fsp3) is 0.417. The molecule has 88 valence electrons. The van der Waals surface area contributed by atoms with Crippen LogP contribution in [0.5, 0.6) is 0 Å². The van der Waals surface area contributed by atoms with Gasteiger partial charge in [-0.25, -0.2) is 4.98 Å². The van der Waals surface area contributed by atoms with Crippen LogP contribution >= 0.6 is 11.6 Å². The number of hydrogen-bond donors (Lipinski definition) is 1. The molecule has 0 aromatic carbocycles. The number of nitrogens with two attached hydrogens (primary N) is 1. The lowest BCUT2D eigenvalue weighted by molar-refractivity contribution is 0.846. The van der Waals surface area contributed by atoms with Crippen LogP contribution in [0.2, 0.25) is 5.02 Å². The zero-order chi connectivity index (χ0) is 12.1. The Kier molecular flexibility index (Phi) is 4.77. The Hall–Kier alpha value is -1.06. The maximum atomic E-state index is 5.97. The predicted molar refractivity (Wildman–Crippen MR) is 69.8 cm³/mol. The molecule has 0 radical (unpaired) electrons. The highest BCUT2D eigenvalue weighted by molar-refractivity contribution is 6.31. The van der Waals surface area contributed by atoms with Gasteiger partial charge >= 0.3 is 0 Å². The van der Waals surface area contributed by atoms with Crippen LogP contribution in [0.25, 0.3) is 0 Å². The van der Waals surface area contributed by atoms with Gasteiger partial charge in [0.25, 0.3) is 0 Å². The largest absolute Gasteiger partial charge is 0.353 e. The van der Waals surface area contributed by atoms with E-state index in [0.717, 1.165) is 30.2 Å². The molecule has 0 aliphatic rings. The Balaban J connectivity index is 2.96. The van der Waals surface area contributed by atoms with Crippen molar-refractivity contribution in [3.63, 3.8) is 0 Å². The molecule has 0 saturated heterocycles. The van der Waals surface area contributed by atoms with Crippen LogP contribution in [0.4, 0.5) is 5.82 Å². The maximum absolute atomic E-state index is 5.97. The first-order chi connectivity index (χ1) is 7.58. The lowest BCUT2D eigenvalue weighted by Crippen LogP contribution is -2.25. The van der Waals surface area contributed by atoms with Crippen LogP contribution in [-0.4, -0.2) is 18.1 Å². The van der Waals surface area contributed by atoms with Gasteiger partial charge in [0.15, 0.2) is 0 Å². The van der Waals surface area contributed by atoms with Crippen molar-refractivity contribution in [3.8, 4) is 0 Å². The second kappa shape index (κ2) is 5.87. The molecule has 0 bridgehead atoms. The maximum Gasteiger partial charge on any atom is 0.129 e. The lowest BCUT2D eigenvalue weighted by Gasteiger charge is -2.22. The Morgan fingerprint density at radius 2 is 2.25 bits per heavy atom. The summed E-state index contributed by atoms with van der Waals surface area (Å²) in [5, 5.41) is 0.623. The first kappa shape index (κ1) is 13.0. The molecule has 16 heavy (non-hydrogen) atoms. The summed E-state index contributed by atoms with van der Waals surface area (Å²) in [5.74, 6) is 0.898. The fourth-order valence-corrected chi connectivity index (χ4v) is 1.66. The summed E-state index contributed by atoms with van der Waals surface area (Å²) >= 11 is 5.97. The number of nitrogens with zero attached hydrogens (tertiary/aromatic N) is 2. The van der Waals surface area contributed by atoms with Crippen molar-refractivity contribution in [1.82, 2.24) is 4.98 Å². The molecule has 0 atom stereocenters. The van der Waals surface area contributed by atoms with Gasteiger partial charge in [-0.05, 0) is 26.0 Å². The van der Waals surface area contributed by atoms with Crippen molar-refractivity contribution in [2.45, 2.75) is 20.4 Å². The molecule has 1 heterocycles. The molecule has 2 N–H and O–H groups in total. The van der Waals surface area contributed by atoms with E-state index >= 15 is 0 Å². The summed E-state index contributed by atoms with van der Waals surface area (Å²) in [6.07, 6.45) is 0. The molecule has 4 heteroatoms. The number of likely N-dealkylation sites (N-methyl/N-ethyl adjacent to an activating group) is 1. The number of aromatic nitrogens is 1. The third-order valence-corrected chi connectivity index (χ3v) is 2.61. The van der Waals surface area contributed by atoms with Crippen LogP contribution in [0.3, 0.4) is 0 Å². The third-order valence-electron chi connectivity index (χ3n) is 2.26. The molecule has 1 aromatic rings. The second-order valence-corrected chi connectivity index (χ2v) is 4.18. The number of pyridine rings is 1. The molecule has 3 nitrogen and oxygen atoms in total. The quantitative estimate of drug-likeness (QED) is 0.804. The summed E-state index contributed by atoms with van der Waals surface area (Å²) in [4.78, 5) is 6.58. The molecule has 1 rings (SSSR count). The van der Waals surface area contributed by atoms with Gasteiger partial charge in [-0.15, -0.1) is 0 Å². The monoisotopic (exact) mass is 239 g/mol. The molecule has 1 aromatic heterocycles. The number of hydrogen-bond acceptors (Lipinski definition) is 3. The van der Waals surface area contributed by atoms with Gasteiger partial charge < -0.3 is 10.6 Å². The highest BCUT2D eigenvalue weighted by atomic mass is 35.5. The van der Waals surface area contributed by atoms with Gasteiger partial charge in [0, 0.05) is 19.6 Å². The standard InChI is InChI=1S/C12H18ClN3/c1-4-16(8-9(2)3)12-6-5-10(13)11(7-14)15-12/h5-6H,2,4,7-8,14H2,1,3H3. The number of anilines is 1. The van der Waals surface area contributed by atoms with Crippen LogP contribution in [-0.2, 0) is 6.54 Å². The van der Waals surface area contributed by atoms with Crippen molar-refractivity contribution < 1.29 is 0 Å². The summed E-state index contributed by atoms with van der Waals surface area (Å²) < 4.78 is 0. The van der Waals surface area contributed by atoms with Gasteiger partial charge in [-0.2, -0.15) is 0 Å². The van der Waals surface area contributed by atoms with E-state index in [4.69, 9.17) is 17.3 Å². The third kappa shape index (κ3) is 3.22. The van der Waals surface area contributed by atoms with Crippen molar-refractivity contribution in [1.29, 1.82) is 0 Å². The fourth-order valence-electron chi connectivity index (χ4n) is 1.47. The van der Waals surface area contributed by atoms with E-state index in [-0.39, 0.29) is 0 Å². The van der Waals surface area contributed by atoms with Gasteiger partial charge in [0.1, 0.15) is 5.82 Å². The van der Waals surface area contributed by atoms with Crippen LogP contribution in [0.15, 0.2) is 24.3 Å². The molecule has 0 saturated carbocycles. The van der Waals surface area contributed by atoms with Crippen molar-refractivity contribution in [3.05, 3.63) is 35.0 Å². The summed E-state index contributed by atoms with van der Waals surface area (Å²) in [5.41, 5.74) is 7.42. The molecule has 0 aliphatic carbocycles. The Labute approximate surface area is 102 Å². The molecule has 0 amide bonds. The van der Waals surface area contributed by atoms with Gasteiger partial charge in [0.2, 0.25) is 0 Å². The molecular formula is C12H18ClN3. The Bertz CT molecular complexity index is 377. The van der Waals surface area contributed by atoms with E-state index in [1.807, 2.05) is 19.1 Å². The smallest absolute Gasteiger partial charge is 0.129 e. The average Bonchev–Trinajstić information content (AvgIpc) is 2.26. The molecular weight excluding hydrogens is 222 g/mol. The minimum Gasteiger partial charge on any atom is -0.353 e. The minimum absolute atomic E-state index is 0.358. The zero-order valence-corrected chi connectivity index (χ0v) is 10.6. The molecule has 0 unspecified atom stereocenters. The van der Waals surface area contributed by atoms with Crippen molar-refractivity contribution in [2.24, 2.45) is 5.73 Å². The second-order valence-electron chi connectivity index (χ2n) is 3.77. The Morgan fingerprint density at radius 1 is 1.56 bits per heavy atom. The Morgan fingerprint density at radius 3 is 2.75 bits per heavy atom. The zero-order valence-electron chi connectivity index (χ0n) is 9.83. The molecule has 0 aliphatic heterocycles. The van der Waals surface area contributed by atoms with Crippen molar-refractivity contribution >= 4 is 17.4 Å². The summed E-state index contributed by atoms with van der Waals surface area (Å²) in [6.45, 7) is 10.0. The van der Waals surface area contributed by atoms with E-state index in [1.54, 1.807) is 0 Å². The van der Waals surface area contributed by atoms with E-state index in [2.05, 4.69) is 23.4 Å². The van der Waals surface area contributed by atoms with Gasteiger partial charge in [-0.1, -0.05) is 23.8 Å². The highest BCUT2D eigenvalue weighted by Crippen LogP contribution is 2.19. The van der Waals surface area contributed by atoms with E-state index in [0.29, 0.717) is 11.6 Å².